The lowest BCUT2D eigenvalue weighted by molar-refractivity contribution is -0.133. The first-order valence-corrected chi connectivity index (χ1v) is 9.35. The molecule has 0 bridgehead atoms. The van der Waals surface area contributed by atoms with Gasteiger partial charge in [-0.25, -0.2) is 23.0 Å². The second-order valence-corrected chi connectivity index (χ2v) is 8.03. The number of carbonyl (C=O) groups is 2. The van der Waals surface area contributed by atoms with Gasteiger partial charge in [0.2, 0.25) is 5.91 Å². The van der Waals surface area contributed by atoms with E-state index in [1.165, 1.54) is 0 Å². The third kappa shape index (κ3) is 7.21. The van der Waals surface area contributed by atoms with Crippen LogP contribution in [0.25, 0.3) is 0 Å². The highest BCUT2D eigenvalue weighted by atomic mass is 19.2. The first-order chi connectivity index (χ1) is 13.4. The van der Waals surface area contributed by atoms with Crippen molar-refractivity contribution in [1.82, 2.24) is 15.2 Å². The van der Waals surface area contributed by atoms with Crippen LogP contribution in [0.1, 0.15) is 32.8 Å². The van der Waals surface area contributed by atoms with Crippen LogP contribution < -0.4 is 11.2 Å². The minimum atomic E-state index is -1.31. The van der Waals surface area contributed by atoms with Gasteiger partial charge >= 0.3 is 6.09 Å². The highest BCUT2D eigenvalue weighted by Gasteiger charge is 2.26. The normalized spacial score (nSPS) is 16.4. The van der Waals surface area contributed by atoms with Crippen LogP contribution >= 0.6 is 0 Å². The third-order valence-corrected chi connectivity index (χ3v) is 4.36. The summed E-state index contributed by atoms with van der Waals surface area (Å²) in [4.78, 5) is 26.4. The van der Waals surface area contributed by atoms with Gasteiger partial charge in [-0.2, -0.15) is 0 Å². The Labute approximate surface area is 167 Å². The number of ether oxygens (including phenoxy) is 1. The number of nitrogens with one attached hydrogen (secondary N) is 1. The maximum Gasteiger partial charge on any atom is 0.407 e. The number of amides is 2. The van der Waals surface area contributed by atoms with E-state index in [1.807, 2.05) is 0 Å². The maximum absolute atomic E-state index is 14.1. The van der Waals surface area contributed by atoms with Gasteiger partial charge in [0.05, 0.1) is 0 Å². The highest BCUT2D eigenvalue weighted by Crippen LogP contribution is 2.17. The van der Waals surface area contributed by atoms with Crippen molar-refractivity contribution in [2.75, 3.05) is 26.2 Å². The summed E-state index contributed by atoms with van der Waals surface area (Å²) in [5.41, 5.74) is -0.923. The van der Waals surface area contributed by atoms with E-state index in [1.54, 1.807) is 30.7 Å². The molecule has 7 nitrogen and oxygen atoms in total. The fourth-order valence-corrected chi connectivity index (χ4v) is 2.95. The third-order valence-electron chi connectivity index (χ3n) is 4.36. The van der Waals surface area contributed by atoms with Crippen LogP contribution in [0.3, 0.4) is 0 Å². The molecule has 0 aliphatic carbocycles. The second-order valence-electron chi connectivity index (χ2n) is 8.03. The number of hydrogen-bond donors (Lipinski definition) is 2. The molecule has 10 heteroatoms. The Bertz CT molecular complexity index is 747. The molecule has 29 heavy (non-hydrogen) atoms. The number of piperazine rings is 1. The molecule has 1 aromatic rings. The van der Waals surface area contributed by atoms with Crippen molar-refractivity contribution in [2.24, 2.45) is 5.84 Å². The fraction of sp³-hybridized carbons (Fsp3) is 0.579. The number of carbonyl (C=O) groups excluding carboxylic acids is 2. The molecule has 162 valence electrons. The standard InChI is InChI=1S/C19H27F3N4O3/c1-19(2,3)29-18(28)24-13(8-12-9-15(21)16(22)11-14(12)20)10-17(27)25-4-6-26(23)7-5-25/h9,11,13H,4-8,10,23H2,1-3H3,(H,24,28)/t13-/m1/s1. The van der Waals surface area contributed by atoms with E-state index in [0.717, 1.165) is 6.07 Å². The van der Waals surface area contributed by atoms with E-state index in [-0.39, 0.29) is 24.3 Å². The Morgan fingerprint density at radius 3 is 2.28 bits per heavy atom. The topological polar surface area (TPSA) is 87.9 Å². The van der Waals surface area contributed by atoms with Crippen molar-refractivity contribution in [3.8, 4) is 0 Å². The molecule has 0 unspecified atom stereocenters. The quantitative estimate of drug-likeness (QED) is 0.566. The van der Waals surface area contributed by atoms with Crippen molar-refractivity contribution in [2.45, 2.75) is 45.3 Å². The average molecular weight is 416 g/mol. The van der Waals surface area contributed by atoms with E-state index < -0.39 is 35.2 Å². The number of hydrogen-bond acceptors (Lipinski definition) is 5. The van der Waals surface area contributed by atoms with E-state index in [9.17, 15) is 22.8 Å². The van der Waals surface area contributed by atoms with Gasteiger partial charge in [0.15, 0.2) is 11.6 Å². The molecule has 0 radical (unpaired) electrons. The van der Waals surface area contributed by atoms with Crippen LogP contribution in [0.15, 0.2) is 12.1 Å². The molecule has 2 rings (SSSR count). The Morgan fingerprint density at radius 1 is 1.10 bits per heavy atom. The zero-order chi connectivity index (χ0) is 21.8. The number of hydrazine groups is 1. The molecule has 0 saturated carbocycles. The molecule has 0 spiro atoms. The highest BCUT2D eigenvalue weighted by molar-refractivity contribution is 5.78. The molecule has 1 aliphatic heterocycles. The summed E-state index contributed by atoms with van der Waals surface area (Å²) < 4.78 is 46.0. The summed E-state index contributed by atoms with van der Waals surface area (Å²) >= 11 is 0. The fourth-order valence-electron chi connectivity index (χ4n) is 2.95. The number of benzene rings is 1. The number of alkyl carbamates (subject to hydrolysis) is 1. The molecule has 1 aliphatic rings. The summed E-state index contributed by atoms with van der Waals surface area (Å²) in [5, 5.41) is 4.13. The van der Waals surface area contributed by atoms with E-state index >= 15 is 0 Å². The first kappa shape index (κ1) is 23.0. The van der Waals surface area contributed by atoms with Gasteiger partial charge in [0.25, 0.3) is 0 Å². The van der Waals surface area contributed by atoms with Crippen LogP contribution in [0.2, 0.25) is 0 Å². The largest absolute Gasteiger partial charge is 0.444 e. The monoisotopic (exact) mass is 416 g/mol. The number of nitrogens with two attached hydrogens (primary N) is 1. The molecule has 1 saturated heterocycles. The molecular weight excluding hydrogens is 389 g/mol. The van der Waals surface area contributed by atoms with Gasteiger partial charge in [0.1, 0.15) is 11.4 Å². The van der Waals surface area contributed by atoms with Crippen LogP contribution in [0.4, 0.5) is 18.0 Å². The van der Waals surface area contributed by atoms with Crippen LogP contribution in [0, 0.1) is 17.5 Å². The van der Waals surface area contributed by atoms with Gasteiger partial charge in [-0.3, -0.25) is 10.6 Å². The van der Waals surface area contributed by atoms with Crippen molar-refractivity contribution in [3.63, 3.8) is 0 Å². The van der Waals surface area contributed by atoms with Gasteiger partial charge < -0.3 is 15.0 Å². The van der Waals surface area contributed by atoms with Crippen molar-refractivity contribution in [1.29, 1.82) is 0 Å². The molecule has 1 fully saturated rings. The van der Waals surface area contributed by atoms with E-state index in [2.05, 4.69) is 5.32 Å². The van der Waals surface area contributed by atoms with E-state index in [4.69, 9.17) is 10.6 Å². The second kappa shape index (κ2) is 9.45. The van der Waals surface area contributed by atoms with Gasteiger partial charge in [0, 0.05) is 44.7 Å². The number of nitrogens with zero attached hydrogens (tertiary/aromatic N) is 2. The molecular formula is C19H27F3N4O3. The minimum absolute atomic E-state index is 0.149. The van der Waals surface area contributed by atoms with Crippen molar-refractivity contribution >= 4 is 12.0 Å². The van der Waals surface area contributed by atoms with Crippen LogP contribution in [-0.2, 0) is 16.0 Å². The van der Waals surface area contributed by atoms with Crippen molar-refractivity contribution < 1.29 is 27.5 Å². The molecule has 3 N–H and O–H groups in total. The minimum Gasteiger partial charge on any atom is -0.444 e. The molecule has 0 aromatic heterocycles. The zero-order valence-corrected chi connectivity index (χ0v) is 16.8. The van der Waals surface area contributed by atoms with Crippen LogP contribution in [-0.4, -0.2) is 59.7 Å². The molecule has 1 aromatic carbocycles. The summed E-state index contributed by atoms with van der Waals surface area (Å²) in [6.07, 6.45) is -1.14. The lowest BCUT2D eigenvalue weighted by Gasteiger charge is -2.33. The summed E-state index contributed by atoms with van der Waals surface area (Å²) in [5.74, 6) is 1.95. The van der Waals surface area contributed by atoms with Gasteiger partial charge in [-0.15, -0.1) is 0 Å². The Hall–Kier alpha value is -2.33. The Morgan fingerprint density at radius 2 is 1.69 bits per heavy atom. The Kier molecular flexibility index (Phi) is 7.48. The maximum atomic E-state index is 14.1. The summed E-state index contributed by atoms with van der Waals surface area (Å²) in [7, 11) is 0. The first-order valence-electron chi connectivity index (χ1n) is 9.35. The molecule has 1 atom stereocenters. The predicted octanol–water partition coefficient (Wildman–Crippen LogP) is 1.95. The molecule has 2 amide bonds. The number of rotatable bonds is 5. The smallest absolute Gasteiger partial charge is 0.407 e. The summed E-state index contributed by atoms with van der Waals surface area (Å²) in [6, 6.07) is 0.302. The summed E-state index contributed by atoms with van der Waals surface area (Å²) in [6.45, 7) is 6.89. The zero-order valence-electron chi connectivity index (χ0n) is 16.8. The van der Waals surface area contributed by atoms with Gasteiger partial charge in [-0.05, 0) is 38.8 Å². The van der Waals surface area contributed by atoms with E-state index in [0.29, 0.717) is 32.2 Å². The molecule has 1 heterocycles. The van der Waals surface area contributed by atoms with Crippen LogP contribution in [0.5, 0.6) is 0 Å². The Balaban J connectivity index is 2.13. The lowest BCUT2D eigenvalue weighted by Crippen LogP contribution is -2.52. The average Bonchev–Trinajstić information content (AvgIpc) is 2.58. The predicted molar refractivity (Wildman–Crippen MR) is 100 cm³/mol. The van der Waals surface area contributed by atoms with Gasteiger partial charge in [-0.1, -0.05) is 0 Å². The van der Waals surface area contributed by atoms with Crippen molar-refractivity contribution in [3.05, 3.63) is 35.1 Å². The SMILES string of the molecule is CC(C)(C)OC(=O)N[C@@H](CC(=O)N1CCN(N)CC1)Cc1cc(F)c(F)cc1F. The number of halogens is 3. The lowest BCUT2D eigenvalue weighted by atomic mass is 10.0.